The number of hydrogen-bond donors (Lipinski definition) is 1. The molecule has 3 rings (SSSR count). The Morgan fingerprint density at radius 2 is 1.75 bits per heavy atom. The summed E-state index contributed by atoms with van der Waals surface area (Å²) in [6.07, 6.45) is 7.35. The second-order valence-electron chi connectivity index (χ2n) is 6.68. The first-order valence-corrected chi connectivity index (χ1v) is 9.05. The van der Waals surface area contributed by atoms with Crippen LogP contribution in [0.5, 0.6) is 17.2 Å². The number of nitrogens with zero attached hydrogens (tertiary/aromatic N) is 3. The molecular formula is C22H24N4O2. The zero-order chi connectivity index (χ0) is 20.1. The summed E-state index contributed by atoms with van der Waals surface area (Å²) in [6, 6.07) is 9.71. The quantitative estimate of drug-likeness (QED) is 0.662. The van der Waals surface area contributed by atoms with Crippen molar-refractivity contribution in [2.45, 2.75) is 26.7 Å². The van der Waals surface area contributed by atoms with Gasteiger partial charge in [0.1, 0.15) is 17.3 Å². The zero-order valence-corrected chi connectivity index (χ0v) is 16.5. The number of nitrogens with two attached hydrogens (primary N) is 1. The number of benzene rings is 1. The SMILES string of the molecule is COc1ccc(/C=C/c2cc(Oc3cnc(C)nc3N)c(C(C)C)cn2)cc1. The van der Waals surface area contributed by atoms with Gasteiger partial charge in [-0.25, -0.2) is 9.97 Å². The van der Waals surface area contributed by atoms with Crippen LogP contribution in [0.4, 0.5) is 5.82 Å². The highest BCUT2D eigenvalue weighted by atomic mass is 16.5. The number of pyridine rings is 1. The largest absolute Gasteiger partial charge is 0.497 e. The number of ether oxygens (including phenoxy) is 2. The Morgan fingerprint density at radius 1 is 1.00 bits per heavy atom. The molecule has 0 atom stereocenters. The maximum atomic E-state index is 6.04. The van der Waals surface area contributed by atoms with Gasteiger partial charge in [0.25, 0.3) is 0 Å². The van der Waals surface area contributed by atoms with Crippen LogP contribution in [0.15, 0.2) is 42.7 Å². The molecule has 0 aliphatic rings. The number of anilines is 1. The van der Waals surface area contributed by atoms with Gasteiger partial charge in [0.2, 0.25) is 0 Å². The van der Waals surface area contributed by atoms with E-state index in [1.54, 1.807) is 20.2 Å². The van der Waals surface area contributed by atoms with Gasteiger partial charge in [-0.1, -0.05) is 32.1 Å². The average Bonchev–Trinajstić information content (AvgIpc) is 2.69. The van der Waals surface area contributed by atoms with Gasteiger partial charge in [-0.2, -0.15) is 0 Å². The van der Waals surface area contributed by atoms with E-state index >= 15 is 0 Å². The van der Waals surface area contributed by atoms with E-state index in [1.807, 2.05) is 48.7 Å². The standard InChI is InChI=1S/C22H24N4O2/c1-14(2)19-12-25-17(8-5-16-6-9-18(27-4)10-7-16)11-20(19)28-21-13-24-15(3)26-22(21)23/h5-14H,1-4H3,(H2,23,24,26)/b8-5+. The maximum Gasteiger partial charge on any atom is 0.187 e. The van der Waals surface area contributed by atoms with Gasteiger partial charge in [-0.05, 0) is 36.6 Å². The Hall–Kier alpha value is -3.41. The minimum absolute atomic E-state index is 0.245. The van der Waals surface area contributed by atoms with Gasteiger partial charge >= 0.3 is 0 Å². The summed E-state index contributed by atoms with van der Waals surface area (Å²) in [6.45, 7) is 5.96. The normalized spacial score (nSPS) is 11.2. The van der Waals surface area contributed by atoms with Crippen LogP contribution in [0.25, 0.3) is 12.2 Å². The van der Waals surface area contributed by atoms with E-state index < -0.39 is 0 Å². The molecule has 0 unspecified atom stereocenters. The van der Waals surface area contributed by atoms with E-state index in [4.69, 9.17) is 15.2 Å². The van der Waals surface area contributed by atoms with Crippen molar-refractivity contribution in [3.8, 4) is 17.2 Å². The van der Waals surface area contributed by atoms with Crippen molar-refractivity contribution in [1.82, 2.24) is 15.0 Å². The van der Waals surface area contributed by atoms with Crippen LogP contribution in [0, 0.1) is 6.92 Å². The van der Waals surface area contributed by atoms with Gasteiger partial charge in [-0.15, -0.1) is 0 Å². The van der Waals surface area contributed by atoms with Gasteiger partial charge in [0.15, 0.2) is 11.6 Å². The van der Waals surface area contributed by atoms with Gasteiger partial charge in [-0.3, -0.25) is 4.98 Å². The number of aromatic nitrogens is 3. The molecule has 0 saturated heterocycles. The Morgan fingerprint density at radius 3 is 2.39 bits per heavy atom. The molecule has 0 amide bonds. The summed E-state index contributed by atoms with van der Waals surface area (Å²) in [5.74, 6) is 3.11. The molecule has 2 N–H and O–H groups in total. The van der Waals surface area contributed by atoms with Crippen molar-refractivity contribution in [2.24, 2.45) is 0 Å². The molecule has 0 aliphatic carbocycles. The fourth-order valence-corrected chi connectivity index (χ4v) is 2.65. The van der Waals surface area contributed by atoms with Crippen LogP contribution in [-0.4, -0.2) is 22.1 Å². The van der Waals surface area contributed by atoms with Crippen molar-refractivity contribution < 1.29 is 9.47 Å². The summed E-state index contributed by atoms with van der Waals surface area (Å²) >= 11 is 0. The number of methoxy groups -OCH3 is 1. The highest BCUT2D eigenvalue weighted by Gasteiger charge is 2.13. The monoisotopic (exact) mass is 376 g/mol. The van der Waals surface area contributed by atoms with E-state index in [2.05, 4.69) is 28.8 Å². The van der Waals surface area contributed by atoms with E-state index in [0.29, 0.717) is 23.1 Å². The molecule has 0 aliphatic heterocycles. The first kappa shape index (κ1) is 19.4. The van der Waals surface area contributed by atoms with E-state index in [1.165, 1.54) is 0 Å². The highest BCUT2D eigenvalue weighted by molar-refractivity contribution is 5.69. The topological polar surface area (TPSA) is 83.2 Å². The minimum atomic E-state index is 0.245. The number of hydrogen-bond acceptors (Lipinski definition) is 6. The molecule has 2 heterocycles. The maximum absolute atomic E-state index is 6.04. The lowest BCUT2D eigenvalue weighted by molar-refractivity contribution is 0.415. The Bertz CT molecular complexity index is 982. The summed E-state index contributed by atoms with van der Waals surface area (Å²) in [5, 5.41) is 0. The zero-order valence-electron chi connectivity index (χ0n) is 16.5. The predicted octanol–water partition coefficient (Wildman–Crippen LogP) is 4.86. The van der Waals surface area contributed by atoms with Crippen LogP contribution in [0.2, 0.25) is 0 Å². The molecular weight excluding hydrogens is 352 g/mol. The minimum Gasteiger partial charge on any atom is -0.497 e. The van der Waals surface area contributed by atoms with Crippen LogP contribution < -0.4 is 15.2 Å². The molecule has 6 heteroatoms. The third-order valence-electron chi connectivity index (χ3n) is 4.22. The Labute approximate surface area is 165 Å². The molecule has 144 valence electrons. The molecule has 28 heavy (non-hydrogen) atoms. The van der Waals surface area contributed by atoms with Crippen LogP contribution in [-0.2, 0) is 0 Å². The Balaban J connectivity index is 1.89. The van der Waals surface area contributed by atoms with Crippen LogP contribution in [0.3, 0.4) is 0 Å². The van der Waals surface area contributed by atoms with E-state index in [-0.39, 0.29) is 5.92 Å². The lowest BCUT2D eigenvalue weighted by Gasteiger charge is -2.14. The molecule has 0 bridgehead atoms. The Kier molecular flexibility index (Phi) is 5.89. The summed E-state index contributed by atoms with van der Waals surface area (Å²) in [4.78, 5) is 12.9. The molecule has 0 spiro atoms. The molecule has 1 aromatic carbocycles. The third kappa shape index (κ3) is 4.65. The van der Waals surface area contributed by atoms with Crippen molar-refractivity contribution in [3.63, 3.8) is 0 Å². The second-order valence-corrected chi connectivity index (χ2v) is 6.68. The molecule has 0 saturated carbocycles. The van der Waals surface area contributed by atoms with Gasteiger partial charge < -0.3 is 15.2 Å². The lowest BCUT2D eigenvalue weighted by Crippen LogP contribution is -2.02. The fraction of sp³-hybridized carbons (Fsp3) is 0.227. The van der Waals surface area contributed by atoms with Crippen molar-refractivity contribution in [1.29, 1.82) is 0 Å². The first-order chi connectivity index (χ1) is 13.5. The number of aryl methyl sites for hydroxylation is 1. The van der Waals surface area contributed by atoms with Gasteiger partial charge in [0.05, 0.1) is 19.0 Å². The molecule has 2 aromatic heterocycles. The van der Waals surface area contributed by atoms with Crippen molar-refractivity contribution in [2.75, 3.05) is 12.8 Å². The van der Waals surface area contributed by atoms with E-state index in [0.717, 1.165) is 22.6 Å². The molecule has 6 nitrogen and oxygen atoms in total. The third-order valence-corrected chi connectivity index (χ3v) is 4.22. The fourth-order valence-electron chi connectivity index (χ4n) is 2.65. The smallest absolute Gasteiger partial charge is 0.187 e. The van der Waals surface area contributed by atoms with Gasteiger partial charge in [0, 0.05) is 17.8 Å². The van der Waals surface area contributed by atoms with Crippen LogP contribution >= 0.6 is 0 Å². The summed E-state index contributed by atoms with van der Waals surface area (Å²) in [5.41, 5.74) is 8.79. The van der Waals surface area contributed by atoms with Crippen molar-refractivity contribution in [3.05, 3.63) is 65.4 Å². The second kappa shape index (κ2) is 8.52. The number of rotatable bonds is 6. The molecule has 0 fully saturated rings. The molecule has 3 aromatic rings. The van der Waals surface area contributed by atoms with Crippen LogP contribution in [0.1, 0.15) is 42.4 Å². The highest BCUT2D eigenvalue weighted by Crippen LogP contribution is 2.32. The lowest BCUT2D eigenvalue weighted by atomic mass is 10.0. The number of nitrogen functional groups attached to an aromatic ring is 1. The average molecular weight is 376 g/mol. The predicted molar refractivity (Wildman–Crippen MR) is 112 cm³/mol. The van der Waals surface area contributed by atoms with Crippen molar-refractivity contribution >= 4 is 18.0 Å². The first-order valence-electron chi connectivity index (χ1n) is 9.05. The summed E-state index contributed by atoms with van der Waals surface area (Å²) < 4.78 is 11.2. The van der Waals surface area contributed by atoms with E-state index in [9.17, 15) is 0 Å². The molecule has 0 radical (unpaired) electrons. The summed E-state index contributed by atoms with van der Waals surface area (Å²) in [7, 11) is 1.65.